The third-order valence-corrected chi connectivity index (χ3v) is 5.01. The van der Waals surface area contributed by atoms with E-state index >= 15 is 0 Å². The van der Waals surface area contributed by atoms with Gasteiger partial charge >= 0.3 is 0 Å². The lowest BCUT2D eigenvalue weighted by atomic mass is 10.0. The summed E-state index contributed by atoms with van der Waals surface area (Å²) in [6.45, 7) is 1.45. The van der Waals surface area contributed by atoms with Gasteiger partial charge in [-0.25, -0.2) is 4.39 Å². The van der Waals surface area contributed by atoms with E-state index in [1.54, 1.807) is 18.2 Å². The molecular weight excluding hydrogens is 379 g/mol. The molecule has 28 heavy (non-hydrogen) atoms. The fourth-order valence-corrected chi connectivity index (χ4v) is 3.38. The number of thioether (sulfide) groups is 1. The fourth-order valence-electron chi connectivity index (χ4n) is 2.65. The Bertz CT molecular complexity index is 962. The van der Waals surface area contributed by atoms with E-state index in [-0.39, 0.29) is 17.4 Å². The predicted molar refractivity (Wildman–Crippen MR) is 105 cm³/mol. The smallest absolute Gasteiger partial charge is 0.231 e. The van der Waals surface area contributed by atoms with Gasteiger partial charge in [0.15, 0.2) is 10.9 Å². The molecular formula is C20H19FN4O2S. The van der Waals surface area contributed by atoms with Crippen molar-refractivity contribution in [3.05, 3.63) is 72.3 Å². The van der Waals surface area contributed by atoms with Gasteiger partial charge in [-0.05, 0) is 31.0 Å². The summed E-state index contributed by atoms with van der Waals surface area (Å²) in [5.41, 5.74) is 1.27. The van der Waals surface area contributed by atoms with Gasteiger partial charge < -0.3 is 5.32 Å². The Balaban J connectivity index is 1.62. The number of aromatic nitrogens is 3. The second-order valence-corrected chi connectivity index (χ2v) is 7.09. The highest BCUT2D eigenvalue weighted by Gasteiger charge is 2.19. The van der Waals surface area contributed by atoms with Crippen LogP contribution in [0, 0.1) is 5.82 Å². The van der Waals surface area contributed by atoms with Crippen LogP contribution in [0.4, 0.5) is 4.39 Å². The minimum Gasteiger partial charge on any atom is -0.345 e. The van der Waals surface area contributed by atoms with Crippen LogP contribution in [0.2, 0.25) is 0 Å². The van der Waals surface area contributed by atoms with E-state index in [2.05, 4.69) is 15.5 Å². The van der Waals surface area contributed by atoms with Crippen LogP contribution in [0.15, 0.2) is 66.1 Å². The number of amides is 1. The molecule has 1 amide bonds. The summed E-state index contributed by atoms with van der Waals surface area (Å²) in [5, 5.41) is 10.9. The van der Waals surface area contributed by atoms with E-state index < -0.39 is 11.9 Å². The third kappa shape index (κ3) is 5.04. The number of Topliss-reactive ketones (excluding diaryl/α,β-unsaturated/α-hetero) is 1. The highest BCUT2D eigenvalue weighted by Crippen LogP contribution is 2.21. The van der Waals surface area contributed by atoms with Gasteiger partial charge in [0.2, 0.25) is 5.91 Å². The Morgan fingerprint density at radius 3 is 2.57 bits per heavy atom. The van der Waals surface area contributed by atoms with E-state index in [4.69, 9.17) is 0 Å². The molecule has 0 bridgehead atoms. The van der Waals surface area contributed by atoms with Gasteiger partial charge in [-0.15, -0.1) is 10.2 Å². The summed E-state index contributed by atoms with van der Waals surface area (Å²) in [6, 6.07) is 15.2. The van der Waals surface area contributed by atoms with Crippen molar-refractivity contribution < 1.29 is 14.0 Å². The number of carbonyl (C=O) groups excluding carboxylic acids is 2. The van der Waals surface area contributed by atoms with Crippen molar-refractivity contribution in [1.29, 1.82) is 0 Å². The Morgan fingerprint density at radius 2 is 1.86 bits per heavy atom. The normalized spacial score (nSPS) is 11.8. The van der Waals surface area contributed by atoms with Gasteiger partial charge in [-0.2, -0.15) is 0 Å². The molecule has 144 valence electrons. The molecule has 3 rings (SSSR count). The lowest BCUT2D eigenvalue weighted by molar-refractivity contribution is -0.125. The first-order chi connectivity index (χ1) is 13.5. The van der Waals surface area contributed by atoms with Crippen molar-refractivity contribution in [2.75, 3.05) is 5.75 Å². The van der Waals surface area contributed by atoms with Crippen LogP contribution in [0.25, 0.3) is 5.69 Å². The van der Waals surface area contributed by atoms with E-state index in [9.17, 15) is 14.0 Å². The minimum atomic E-state index is -0.597. The molecule has 1 unspecified atom stereocenters. The number of para-hydroxylation sites is 1. The fraction of sp³-hybridized carbons (Fsp3) is 0.200. The lowest BCUT2D eigenvalue weighted by Crippen LogP contribution is -2.42. The number of ketones is 1. The molecule has 3 aromatic rings. The summed E-state index contributed by atoms with van der Waals surface area (Å²) >= 11 is 1.12. The molecule has 0 spiro atoms. The number of nitrogens with one attached hydrogen (secondary N) is 1. The van der Waals surface area contributed by atoms with Crippen LogP contribution in [0.3, 0.4) is 0 Å². The third-order valence-electron chi connectivity index (χ3n) is 4.07. The van der Waals surface area contributed by atoms with Gasteiger partial charge in [0.1, 0.15) is 12.1 Å². The summed E-state index contributed by atoms with van der Waals surface area (Å²) in [7, 11) is 0. The largest absolute Gasteiger partial charge is 0.345 e. The maximum atomic E-state index is 14.0. The Hall–Kier alpha value is -3.00. The lowest BCUT2D eigenvalue weighted by Gasteiger charge is -2.16. The number of carbonyl (C=O) groups is 2. The van der Waals surface area contributed by atoms with Gasteiger partial charge in [0.25, 0.3) is 0 Å². The zero-order valence-corrected chi connectivity index (χ0v) is 16.0. The number of benzene rings is 2. The molecule has 0 radical (unpaired) electrons. The molecule has 1 heterocycles. The Morgan fingerprint density at radius 1 is 1.14 bits per heavy atom. The minimum absolute atomic E-state index is 0.0334. The van der Waals surface area contributed by atoms with E-state index in [1.165, 1.54) is 23.9 Å². The summed E-state index contributed by atoms with van der Waals surface area (Å²) in [6.07, 6.45) is 1.82. The van der Waals surface area contributed by atoms with Gasteiger partial charge in [-0.3, -0.25) is 14.2 Å². The SMILES string of the molecule is CC(=O)C(Cc1ccccc1)NC(=O)CSc1nncn1-c1ccccc1F. The standard InChI is InChI=1S/C20H19FN4O2S/c1-14(26)17(11-15-7-3-2-4-8-15)23-19(27)12-28-20-24-22-13-25(20)18-10-6-5-9-16(18)21/h2-10,13,17H,11-12H2,1H3,(H,23,27). The molecule has 2 aromatic carbocycles. The topological polar surface area (TPSA) is 76.9 Å². The first-order valence-electron chi connectivity index (χ1n) is 8.66. The van der Waals surface area contributed by atoms with Crippen molar-refractivity contribution in [3.63, 3.8) is 0 Å². The van der Waals surface area contributed by atoms with E-state index in [0.717, 1.165) is 17.3 Å². The van der Waals surface area contributed by atoms with Crippen LogP contribution in [-0.4, -0.2) is 38.2 Å². The summed E-state index contributed by atoms with van der Waals surface area (Å²) in [5.74, 6) is -0.792. The molecule has 1 aromatic heterocycles. The second kappa shape index (κ2) is 9.27. The molecule has 1 N–H and O–H groups in total. The van der Waals surface area contributed by atoms with Crippen molar-refractivity contribution in [1.82, 2.24) is 20.1 Å². The zero-order chi connectivity index (χ0) is 19.9. The maximum absolute atomic E-state index is 14.0. The average molecular weight is 398 g/mol. The number of halogens is 1. The number of rotatable bonds is 8. The summed E-state index contributed by atoms with van der Waals surface area (Å²) < 4.78 is 15.5. The van der Waals surface area contributed by atoms with Crippen LogP contribution < -0.4 is 5.32 Å². The molecule has 8 heteroatoms. The van der Waals surface area contributed by atoms with Gasteiger partial charge in [0, 0.05) is 0 Å². The number of hydrogen-bond donors (Lipinski definition) is 1. The van der Waals surface area contributed by atoms with Crippen molar-refractivity contribution in [2.24, 2.45) is 0 Å². The monoisotopic (exact) mass is 398 g/mol. The number of hydrogen-bond acceptors (Lipinski definition) is 5. The quantitative estimate of drug-likeness (QED) is 0.591. The molecule has 0 aliphatic carbocycles. The highest BCUT2D eigenvalue weighted by molar-refractivity contribution is 7.99. The Kier molecular flexibility index (Phi) is 6.54. The zero-order valence-electron chi connectivity index (χ0n) is 15.2. The molecule has 0 saturated heterocycles. The van der Waals surface area contributed by atoms with Crippen molar-refractivity contribution >= 4 is 23.5 Å². The van der Waals surface area contributed by atoms with E-state index in [1.807, 2.05) is 30.3 Å². The van der Waals surface area contributed by atoms with Crippen molar-refractivity contribution in [2.45, 2.75) is 24.5 Å². The van der Waals surface area contributed by atoms with Gasteiger partial charge in [-0.1, -0.05) is 54.2 Å². The molecule has 0 fully saturated rings. The van der Waals surface area contributed by atoms with Gasteiger partial charge in [0.05, 0.1) is 17.5 Å². The summed E-state index contributed by atoms with van der Waals surface area (Å²) in [4.78, 5) is 24.2. The van der Waals surface area contributed by atoms with Crippen LogP contribution in [0.5, 0.6) is 0 Å². The molecule has 0 aliphatic rings. The van der Waals surface area contributed by atoms with E-state index in [0.29, 0.717) is 17.3 Å². The van der Waals surface area contributed by atoms with Crippen LogP contribution >= 0.6 is 11.8 Å². The molecule has 1 atom stereocenters. The van der Waals surface area contributed by atoms with Crippen molar-refractivity contribution in [3.8, 4) is 5.69 Å². The Labute approximate surface area is 166 Å². The second-order valence-electron chi connectivity index (χ2n) is 6.14. The molecule has 6 nitrogen and oxygen atoms in total. The first kappa shape index (κ1) is 19.8. The average Bonchev–Trinajstić information content (AvgIpc) is 3.15. The molecule has 0 saturated carbocycles. The highest BCUT2D eigenvalue weighted by atomic mass is 32.2. The number of nitrogens with zero attached hydrogens (tertiary/aromatic N) is 3. The van der Waals surface area contributed by atoms with Crippen LogP contribution in [0.1, 0.15) is 12.5 Å². The maximum Gasteiger partial charge on any atom is 0.231 e. The first-order valence-corrected chi connectivity index (χ1v) is 9.64. The predicted octanol–water partition coefficient (Wildman–Crippen LogP) is 2.82. The van der Waals surface area contributed by atoms with Crippen LogP contribution in [-0.2, 0) is 16.0 Å². The molecule has 0 aliphatic heterocycles.